The Hall–Kier alpha value is -2.49. The van der Waals surface area contributed by atoms with E-state index in [1.807, 2.05) is 19.1 Å². The van der Waals surface area contributed by atoms with Crippen LogP contribution in [0.1, 0.15) is 36.0 Å². The Morgan fingerprint density at radius 3 is 2.73 bits per heavy atom. The number of carbonyl (C=O) groups excluding carboxylic acids is 1. The van der Waals surface area contributed by atoms with Gasteiger partial charge >= 0.3 is 6.09 Å². The summed E-state index contributed by atoms with van der Waals surface area (Å²) in [5.41, 5.74) is 4.04. The van der Waals surface area contributed by atoms with Gasteiger partial charge in [-0.05, 0) is 66.8 Å². The SMILES string of the molecule is CCOC(=O)NCC1CCc2ccc(OC)cc2C1Cc1ccccc1. The van der Waals surface area contributed by atoms with Gasteiger partial charge in [-0.2, -0.15) is 0 Å². The average molecular weight is 353 g/mol. The number of methoxy groups -OCH3 is 1. The normalized spacial score (nSPS) is 18.7. The number of carbonyl (C=O) groups is 1. The van der Waals surface area contributed by atoms with Crippen LogP contribution >= 0.6 is 0 Å². The fourth-order valence-electron chi connectivity index (χ4n) is 3.85. The van der Waals surface area contributed by atoms with E-state index in [0.29, 0.717) is 25.0 Å². The molecule has 0 radical (unpaired) electrons. The molecule has 2 aromatic rings. The van der Waals surface area contributed by atoms with Gasteiger partial charge in [-0.25, -0.2) is 4.79 Å². The van der Waals surface area contributed by atoms with E-state index in [1.54, 1.807) is 7.11 Å². The number of hydrogen-bond acceptors (Lipinski definition) is 3. The quantitative estimate of drug-likeness (QED) is 0.841. The molecule has 2 aromatic carbocycles. The molecular formula is C22H27NO3. The van der Waals surface area contributed by atoms with Gasteiger partial charge in [-0.3, -0.25) is 0 Å². The lowest BCUT2D eigenvalue weighted by atomic mass is 9.72. The second kappa shape index (κ2) is 8.75. The molecule has 4 nitrogen and oxygen atoms in total. The summed E-state index contributed by atoms with van der Waals surface area (Å²) >= 11 is 0. The minimum Gasteiger partial charge on any atom is -0.497 e. The Morgan fingerprint density at radius 2 is 2.00 bits per heavy atom. The third-order valence-corrected chi connectivity index (χ3v) is 5.19. The first kappa shape index (κ1) is 18.3. The molecule has 1 N–H and O–H groups in total. The van der Waals surface area contributed by atoms with Crippen LogP contribution in [0.2, 0.25) is 0 Å². The molecule has 0 spiro atoms. The van der Waals surface area contributed by atoms with E-state index < -0.39 is 0 Å². The fraction of sp³-hybridized carbons (Fsp3) is 0.409. The average Bonchev–Trinajstić information content (AvgIpc) is 2.68. The molecule has 2 unspecified atom stereocenters. The summed E-state index contributed by atoms with van der Waals surface area (Å²) < 4.78 is 10.5. The molecule has 0 heterocycles. The van der Waals surface area contributed by atoms with Gasteiger partial charge in [0, 0.05) is 6.54 Å². The van der Waals surface area contributed by atoms with Crippen molar-refractivity contribution in [3.05, 3.63) is 65.2 Å². The molecule has 26 heavy (non-hydrogen) atoms. The molecule has 1 aliphatic carbocycles. The van der Waals surface area contributed by atoms with Crippen molar-refractivity contribution in [2.45, 2.75) is 32.1 Å². The zero-order chi connectivity index (χ0) is 18.4. The first-order valence-corrected chi connectivity index (χ1v) is 9.32. The van der Waals surface area contributed by atoms with Crippen LogP contribution in [0.3, 0.4) is 0 Å². The Morgan fingerprint density at radius 1 is 1.19 bits per heavy atom. The van der Waals surface area contributed by atoms with Gasteiger partial charge in [-0.1, -0.05) is 36.4 Å². The largest absolute Gasteiger partial charge is 0.497 e. The summed E-state index contributed by atoms with van der Waals surface area (Å²) in [5.74, 6) is 1.61. The van der Waals surface area contributed by atoms with Crippen LogP contribution in [-0.4, -0.2) is 26.4 Å². The lowest BCUT2D eigenvalue weighted by Crippen LogP contribution is -2.35. The summed E-state index contributed by atoms with van der Waals surface area (Å²) in [4.78, 5) is 11.7. The first-order chi connectivity index (χ1) is 12.7. The number of amides is 1. The minimum absolute atomic E-state index is 0.331. The molecule has 4 heteroatoms. The number of rotatable bonds is 6. The van der Waals surface area contributed by atoms with Crippen molar-refractivity contribution >= 4 is 6.09 Å². The monoisotopic (exact) mass is 353 g/mol. The van der Waals surface area contributed by atoms with Crippen molar-refractivity contribution < 1.29 is 14.3 Å². The van der Waals surface area contributed by atoms with E-state index in [-0.39, 0.29) is 6.09 Å². The van der Waals surface area contributed by atoms with Crippen molar-refractivity contribution in [1.29, 1.82) is 0 Å². The van der Waals surface area contributed by atoms with Crippen LogP contribution in [0.25, 0.3) is 0 Å². The standard InChI is InChI=1S/C22H27NO3/c1-3-26-22(24)23-15-18-10-9-17-11-12-19(25-2)14-21(17)20(18)13-16-7-5-4-6-8-16/h4-8,11-12,14,18,20H,3,9-10,13,15H2,1-2H3,(H,23,24). The Kier molecular flexibility index (Phi) is 6.16. The van der Waals surface area contributed by atoms with E-state index in [4.69, 9.17) is 9.47 Å². The molecule has 2 atom stereocenters. The third kappa shape index (κ3) is 4.37. The highest BCUT2D eigenvalue weighted by Gasteiger charge is 2.30. The van der Waals surface area contributed by atoms with Crippen LogP contribution in [0.5, 0.6) is 5.75 Å². The molecule has 0 bridgehead atoms. The molecule has 1 amide bonds. The van der Waals surface area contributed by atoms with Crippen LogP contribution in [0, 0.1) is 5.92 Å². The number of hydrogen-bond donors (Lipinski definition) is 1. The maximum Gasteiger partial charge on any atom is 0.407 e. The van der Waals surface area contributed by atoms with Gasteiger partial charge in [-0.15, -0.1) is 0 Å². The summed E-state index contributed by atoms with van der Waals surface area (Å²) in [6.07, 6.45) is 2.71. The highest BCUT2D eigenvalue weighted by molar-refractivity contribution is 5.67. The van der Waals surface area contributed by atoms with Gasteiger partial charge < -0.3 is 14.8 Å². The second-order valence-electron chi connectivity index (χ2n) is 6.76. The molecular weight excluding hydrogens is 326 g/mol. The first-order valence-electron chi connectivity index (χ1n) is 9.32. The number of aryl methyl sites for hydroxylation is 1. The summed E-state index contributed by atoms with van der Waals surface area (Å²) in [7, 11) is 1.70. The van der Waals surface area contributed by atoms with Crippen molar-refractivity contribution in [1.82, 2.24) is 5.32 Å². The summed E-state index contributed by atoms with van der Waals surface area (Å²) in [6, 6.07) is 16.9. The zero-order valence-electron chi connectivity index (χ0n) is 15.5. The van der Waals surface area contributed by atoms with E-state index in [0.717, 1.165) is 25.0 Å². The highest BCUT2D eigenvalue weighted by Crippen LogP contribution is 2.40. The maximum absolute atomic E-state index is 11.7. The topological polar surface area (TPSA) is 47.6 Å². The van der Waals surface area contributed by atoms with Crippen molar-refractivity contribution in [2.24, 2.45) is 5.92 Å². The van der Waals surface area contributed by atoms with Crippen LogP contribution in [-0.2, 0) is 17.6 Å². The van der Waals surface area contributed by atoms with E-state index >= 15 is 0 Å². The molecule has 0 saturated carbocycles. The maximum atomic E-state index is 11.7. The van der Waals surface area contributed by atoms with Crippen LogP contribution in [0.15, 0.2) is 48.5 Å². The van der Waals surface area contributed by atoms with E-state index in [1.165, 1.54) is 16.7 Å². The van der Waals surface area contributed by atoms with Gasteiger partial charge in [0.1, 0.15) is 5.75 Å². The molecule has 1 aliphatic rings. The number of benzene rings is 2. The number of nitrogens with one attached hydrogen (secondary N) is 1. The fourth-order valence-corrected chi connectivity index (χ4v) is 3.85. The van der Waals surface area contributed by atoms with E-state index in [9.17, 15) is 4.79 Å². The van der Waals surface area contributed by atoms with E-state index in [2.05, 4.69) is 41.7 Å². The number of alkyl carbamates (subject to hydrolysis) is 1. The summed E-state index contributed by atoms with van der Waals surface area (Å²) in [5, 5.41) is 2.94. The molecule has 0 saturated heterocycles. The smallest absolute Gasteiger partial charge is 0.407 e. The molecule has 138 valence electrons. The van der Waals surface area contributed by atoms with Crippen LogP contribution < -0.4 is 10.1 Å². The molecule has 0 fully saturated rings. The predicted octanol–water partition coefficient (Wildman–Crippen LogP) is 4.33. The van der Waals surface area contributed by atoms with Crippen molar-refractivity contribution in [2.75, 3.05) is 20.3 Å². The minimum atomic E-state index is -0.331. The molecule has 0 aliphatic heterocycles. The molecule has 3 rings (SSSR count). The van der Waals surface area contributed by atoms with Gasteiger partial charge in [0.25, 0.3) is 0 Å². The predicted molar refractivity (Wildman–Crippen MR) is 103 cm³/mol. The Bertz CT molecular complexity index is 729. The number of fused-ring (bicyclic) bond motifs is 1. The van der Waals surface area contributed by atoms with Crippen LogP contribution in [0.4, 0.5) is 4.79 Å². The van der Waals surface area contributed by atoms with Crippen molar-refractivity contribution in [3.63, 3.8) is 0 Å². The Labute approximate surface area is 155 Å². The van der Waals surface area contributed by atoms with Gasteiger partial charge in [0.2, 0.25) is 0 Å². The number of ether oxygens (including phenoxy) is 2. The lowest BCUT2D eigenvalue weighted by molar-refractivity contribution is 0.149. The third-order valence-electron chi connectivity index (χ3n) is 5.19. The second-order valence-corrected chi connectivity index (χ2v) is 6.76. The lowest BCUT2D eigenvalue weighted by Gasteiger charge is -2.34. The summed E-state index contributed by atoms with van der Waals surface area (Å²) in [6.45, 7) is 2.85. The Balaban J connectivity index is 1.84. The van der Waals surface area contributed by atoms with Gasteiger partial charge in [0.05, 0.1) is 13.7 Å². The van der Waals surface area contributed by atoms with Crippen molar-refractivity contribution in [3.8, 4) is 5.75 Å². The highest BCUT2D eigenvalue weighted by atomic mass is 16.5. The van der Waals surface area contributed by atoms with Gasteiger partial charge in [0.15, 0.2) is 0 Å². The zero-order valence-corrected chi connectivity index (χ0v) is 15.5. The molecule has 0 aromatic heterocycles.